The minimum Gasteiger partial charge on any atom is -0.330 e. The van der Waals surface area contributed by atoms with Gasteiger partial charge in [-0.1, -0.05) is 0 Å². The Morgan fingerprint density at radius 3 is 2.67 bits per heavy atom. The van der Waals surface area contributed by atoms with Crippen LogP contribution in [-0.4, -0.2) is 26.3 Å². The molecule has 1 radical (unpaired) electrons. The van der Waals surface area contributed by atoms with Crippen LogP contribution in [0.1, 0.15) is 6.42 Å². The molecule has 0 aromatic rings. The van der Waals surface area contributed by atoms with Crippen LogP contribution < -0.4 is 0 Å². The SMILES string of the molecule is [CH2]COC1OCCCO1. The number of hydrogen-bond donors (Lipinski definition) is 0. The third-order valence-corrected chi connectivity index (χ3v) is 1.05. The second-order valence-corrected chi connectivity index (χ2v) is 1.75. The zero-order chi connectivity index (χ0) is 6.53. The van der Waals surface area contributed by atoms with E-state index < -0.39 is 6.48 Å². The third-order valence-electron chi connectivity index (χ3n) is 1.05. The van der Waals surface area contributed by atoms with E-state index in [4.69, 9.17) is 14.2 Å². The monoisotopic (exact) mass is 131 g/mol. The average Bonchev–Trinajstić information content (AvgIpc) is 1.91. The lowest BCUT2D eigenvalue weighted by atomic mass is 10.5. The molecule has 1 rings (SSSR count). The Morgan fingerprint density at radius 1 is 1.44 bits per heavy atom. The summed E-state index contributed by atoms with van der Waals surface area (Å²) in [5.74, 6) is 0. The standard InChI is InChI=1S/C6H11O3/c1-2-7-6-8-4-3-5-9-6/h6H,1-5H2. The van der Waals surface area contributed by atoms with Gasteiger partial charge >= 0.3 is 0 Å². The van der Waals surface area contributed by atoms with E-state index in [2.05, 4.69) is 6.92 Å². The Bertz CT molecular complexity index is 65.9. The van der Waals surface area contributed by atoms with E-state index in [1.165, 1.54) is 0 Å². The van der Waals surface area contributed by atoms with Crippen molar-refractivity contribution >= 4 is 0 Å². The van der Waals surface area contributed by atoms with Crippen molar-refractivity contribution in [3.63, 3.8) is 0 Å². The summed E-state index contributed by atoms with van der Waals surface area (Å²) < 4.78 is 15.0. The first-order valence-electron chi connectivity index (χ1n) is 3.07. The molecule has 53 valence electrons. The predicted molar refractivity (Wildman–Crippen MR) is 31.6 cm³/mol. The fraction of sp³-hybridized carbons (Fsp3) is 0.833. The summed E-state index contributed by atoms with van der Waals surface area (Å²) >= 11 is 0. The highest BCUT2D eigenvalue weighted by atomic mass is 16.8. The molecule has 0 aromatic carbocycles. The Balaban J connectivity index is 2.08. The van der Waals surface area contributed by atoms with Crippen molar-refractivity contribution in [2.24, 2.45) is 0 Å². The van der Waals surface area contributed by atoms with Gasteiger partial charge in [0, 0.05) is 0 Å². The number of rotatable bonds is 2. The van der Waals surface area contributed by atoms with E-state index in [9.17, 15) is 0 Å². The topological polar surface area (TPSA) is 27.7 Å². The van der Waals surface area contributed by atoms with E-state index >= 15 is 0 Å². The Hall–Kier alpha value is -0.120. The maximum atomic E-state index is 5.03. The first kappa shape index (κ1) is 6.99. The van der Waals surface area contributed by atoms with Gasteiger partial charge in [0.15, 0.2) is 0 Å². The largest absolute Gasteiger partial charge is 0.330 e. The van der Waals surface area contributed by atoms with Crippen LogP contribution in [0.3, 0.4) is 0 Å². The van der Waals surface area contributed by atoms with E-state index in [1.54, 1.807) is 0 Å². The maximum Gasteiger partial charge on any atom is 0.271 e. The van der Waals surface area contributed by atoms with Crippen LogP contribution >= 0.6 is 0 Å². The first-order valence-corrected chi connectivity index (χ1v) is 3.07. The fourth-order valence-electron chi connectivity index (χ4n) is 0.659. The molecule has 3 nitrogen and oxygen atoms in total. The predicted octanol–water partition coefficient (Wildman–Crippen LogP) is 0.558. The molecule has 0 bridgehead atoms. The quantitative estimate of drug-likeness (QED) is 0.548. The van der Waals surface area contributed by atoms with E-state index in [1.807, 2.05) is 0 Å². The zero-order valence-corrected chi connectivity index (χ0v) is 5.34. The molecule has 1 fully saturated rings. The second kappa shape index (κ2) is 3.82. The highest BCUT2D eigenvalue weighted by molar-refractivity contribution is 4.41. The van der Waals surface area contributed by atoms with Gasteiger partial charge in [0.05, 0.1) is 19.8 Å². The van der Waals surface area contributed by atoms with Crippen LogP contribution in [0.4, 0.5) is 0 Å². The van der Waals surface area contributed by atoms with Crippen LogP contribution in [0.5, 0.6) is 0 Å². The summed E-state index contributed by atoms with van der Waals surface area (Å²) in [6.07, 6.45) is 0.955. The van der Waals surface area contributed by atoms with Crippen LogP contribution in [0, 0.1) is 6.92 Å². The molecule has 1 aliphatic heterocycles. The molecule has 1 saturated heterocycles. The summed E-state index contributed by atoms with van der Waals surface area (Å²) in [5.41, 5.74) is 0. The summed E-state index contributed by atoms with van der Waals surface area (Å²) in [7, 11) is 0. The zero-order valence-electron chi connectivity index (χ0n) is 5.34. The molecule has 0 N–H and O–H groups in total. The number of ether oxygens (including phenoxy) is 3. The summed E-state index contributed by atoms with van der Waals surface area (Å²) in [6.45, 7) is 4.88. The van der Waals surface area contributed by atoms with Gasteiger partial charge in [0.1, 0.15) is 0 Å². The van der Waals surface area contributed by atoms with E-state index in [0.29, 0.717) is 6.61 Å². The molecule has 1 aliphatic rings. The van der Waals surface area contributed by atoms with Crippen LogP contribution in [0.2, 0.25) is 0 Å². The minimum absolute atomic E-state index is 0.394. The normalized spacial score (nSPS) is 22.3. The molecule has 0 aromatic heterocycles. The highest BCUT2D eigenvalue weighted by Gasteiger charge is 2.12. The van der Waals surface area contributed by atoms with Crippen molar-refractivity contribution in [3.8, 4) is 0 Å². The summed E-state index contributed by atoms with van der Waals surface area (Å²) in [6, 6.07) is 0. The van der Waals surface area contributed by atoms with Crippen LogP contribution in [-0.2, 0) is 14.2 Å². The minimum atomic E-state index is -0.462. The fourth-order valence-corrected chi connectivity index (χ4v) is 0.659. The van der Waals surface area contributed by atoms with Gasteiger partial charge in [0.25, 0.3) is 6.48 Å². The van der Waals surface area contributed by atoms with E-state index in [0.717, 1.165) is 19.6 Å². The van der Waals surface area contributed by atoms with Crippen molar-refractivity contribution in [2.75, 3.05) is 19.8 Å². The molecule has 1 heterocycles. The number of hydrogen-bond acceptors (Lipinski definition) is 3. The molecule has 3 heteroatoms. The lowest BCUT2D eigenvalue weighted by Crippen LogP contribution is -2.27. The van der Waals surface area contributed by atoms with Gasteiger partial charge < -0.3 is 14.2 Å². The van der Waals surface area contributed by atoms with Crippen molar-refractivity contribution in [1.29, 1.82) is 0 Å². The molecule has 0 aliphatic carbocycles. The van der Waals surface area contributed by atoms with Crippen molar-refractivity contribution in [2.45, 2.75) is 12.9 Å². The lowest BCUT2D eigenvalue weighted by molar-refractivity contribution is -0.306. The second-order valence-electron chi connectivity index (χ2n) is 1.75. The smallest absolute Gasteiger partial charge is 0.271 e. The Kier molecular flexibility index (Phi) is 2.97. The van der Waals surface area contributed by atoms with Gasteiger partial charge in [-0.15, -0.1) is 0 Å². The molecular formula is C6H11O3. The summed E-state index contributed by atoms with van der Waals surface area (Å²) in [5, 5.41) is 0. The summed E-state index contributed by atoms with van der Waals surface area (Å²) in [4.78, 5) is 0. The highest BCUT2D eigenvalue weighted by Crippen LogP contribution is 2.04. The van der Waals surface area contributed by atoms with Gasteiger partial charge in [-0.05, 0) is 13.3 Å². The average molecular weight is 131 g/mol. The molecule has 0 spiro atoms. The third kappa shape index (κ3) is 2.30. The molecule has 0 atom stereocenters. The molecule has 0 amide bonds. The van der Waals surface area contributed by atoms with Crippen molar-refractivity contribution < 1.29 is 14.2 Å². The Labute approximate surface area is 54.9 Å². The molecule has 0 unspecified atom stereocenters. The van der Waals surface area contributed by atoms with Gasteiger partial charge in [0.2, 0.25) is 0 Å². The molecule has 0 saturated carbocycles. The van der Waals surface area contributed by atoms with Gasteiger partial charge in [-0.3, -0.25) is 0 Å². The van der Waals surface area contributed by atoms with Crippen molar-refractivity contribution in [3.05, 3.63) is 6.92 Å². The molecule has 9 heavy (non-hydrogen) atoms. The lowest BCUT2D eigenvalue weighted by Gasteiger charge is -2.21. The van der Waals surface area contributed by atoms with Gasteiger partial charge in [-0.25, -0.2) is 0 Å². The molecular weight excluding hydrogens is 120 g/mol. The van der Waals surface area contributed by atoms with Crippen LogP contribution in [0.25, 0.3) is 0 Å². The van der Waals surface area contributed by atoms with E-state index in [-0.39, 0.29) is 0 Å². The maximum absolute atomic E-state index is 5.03. The van der Waals surface area contributed by atoms with Crippen LogP contribution in [0.15, 0.2) is 0 Å². The Morgan fingerprint density at radius 2 is 2.11 bits per heavy atom. The van der Waals surface area contributed by atoms with Crippen molar-refractivity contribution in [1.82, 2.24) is 0 Å². The van der Waals surface area contributed by atoms with Gasteiger partial charge in [-0.2, -0.15) is 0 Å². The first-order chi connectivity index (χ1) is 4.43.